The number of nitrogens with one attached hydrogen (secondary N) is 1. The van der Waals surface area contributed by atoms with Crippen molar-refractivity contribution in [3.63, 3.8) is 0 Å². The molecular weight excluding hydrogens is 446 g/mol. The highest BCUT2D eigenvalue weighted by molar-refractivity contribution is 5.81. The van der Waals surface area contributed by atoms with E-state index >= 15 is 0 Å². The van der Waals surface area contributed by atoms with E-state index in [1.807, 2.05) is 48.5 Å². The summed E-state index contributed by atoms with van der Waals surface area (Å²) in [6, 6.07) is 15.2. The first-order valence-electron chi connectivity index (χ1n) is 11.2. The van der Waals surface area contributed by atoms with E-state index in [0.717, 1.165) is 27.2 Å². The van der Waals surface area contributed by atoms with E-state index < -0.39 is 48.9 Å². The number of fused-ring (bicyclic) bond motifs is 3. The molecule has 7 nitrogen and oxygen atoms in total. The summed E-state index contributed by atoms with van der Waals surface area (Å²) in [6.07, 6.45) is -0.539. The van der Waals surface area contributed by atoms with Crippen LogP contribution in [-0.4, -0.2) is 59.6 Å². The number of nitrogens with zero attached hydrogens (tertiary/aromatic N) is 1. The molecule has 1 aliphatic heterocycles. The summed E-state index contributed by atoms with van der Waals surface area (Å²) in [5.74, 6) is -7.78. The number of halogens is 2. The zero-order valence-corrected chi connectivity index (χ0v) is 18.7. The van der Waals surface area contributed by atoms with E-state index in [4.69, 9.17) is 9.84 Å². The van der Waals surface area contributed by atoms with Gasteiger partial charge in [-0.2, -0.15) is 0 Å². The van der Waals surface area contributed by atoms with Crippen molar-refractivity contribution in [3.05, 3.63) is 59.7 Å². The molecule has 2 aromatic rings. The lowest BCUT2D eigenvalue weighted by Crippen LogP contribution is -2.41. The minimum absolute atomic E-state index is 0.111. The number of alkyl carbamates (subject to hydrolysis) is 1. The lowest BCUT2D eigenvalue weighted by atomic mass is 9.98. The molecule has 4 rings (SSSR count). The SMILES string of the molecule is CC[C@H](CC(=O)N1CC(C(=O)O)C(F)(F)C1)NC(=O)OCC1c2ccccc2-c2ccccc21. The highest BCUT2D eigenvalue weighted by atomic mass is 19.3. The summed E-state index contributed by atoms with van der Waals surface area (Å²) >= 11 is 0. The van der Waals surface area contributed by atoms with Crippen LogP contribution in [0.2, 0.25) is 0 Å². The largest absolute Gasteiger partial charge is 0.481 e. The molecule has 180 valence electrons. The van der Waals surface area contributed by atoms with Crippen molar-refractivity contribution in [1.82, 2.24) is 10.2 Å². The highest BCUT2D eigenvalue weighted by Crippen LogP contribution is 2.44. The Morgan fingerprint density at radius 2 is 1.71 bits per heavy atom. The Bertz CT molecular complexity index is 1060. The summed E-state index contributed by atoms with van der Waals surface area (Å²) in [5.41, 5.74) is 4.35. The Kier molecular flexibility index (Phi) is 6.54. The zero-order chi connectivity index (χ0) is 24.5. The third-order valence-corrected chi connectivity index (χ3v) is 6.54. The average molecular weight is 472 g/mol. The van der Waals surface area contributed by atoms with E-state index in [0.29, 0.717) is 6.42 Å². The van der Waals surface area contributed by atoms with Crippen molar-refractivity contribution < 1.29 is 33.0 Å². The van der Waals surface area contributed by atoms with Gasteiger partial charge in [0.05, 0.1) is 6.54 Å². The fourth-order valence-corrected chi connectivity index (χ4v) is 4.68. The van der Waals surface area contributed by atoms with Gasteiger partial charge in [-0.1, -0.05) is 55.5 Å². The van der Waals surface area contributed by atoms with Crippen LogP contribution in [0.5, 0.6) is 0 Å². The summed E-state index contributed by atoms with van der Waals surface area (Å²) < 4.78 is 33.3. The number of carboxylic acid groups (broad SMARTS) is 1. The van der Waals surface area contributed by atoms with Crippen LogP contribution in [0.1, 0.15) is 36.8 Å². The van der Waals surface area contributed by atoms with Gasteiger partial charge in [-0.3, -0.25) is 9.59 Å². The summed E-state index contributed by atoms with van der Waals surface area (Å²) in [6.45, 7) is 0.371. The second-order valence-corrected chi connectivity index (χ2v) is 8.71. The molecule has 0 spiro atoms. The molecule has 0 radical (unpaired) electrons. The number of carbonyl (C=O) groups is 3. The second kappa shape index (κ2) is 9.40. The first-order valence-corrected chi connectivity index (χ1v) is 11.2. The summed E-state index contributed by atoms with van der Waals surface area (Å²) in [5, 5.41) is 11.6. The van der Waals surface area contributed by atoms with Crippen molar-refractivity contribution in [2.75, 3.05) is 19.7 Å². The molecule has 1 heterocycles. The maximum absolute atomic E-state index is 13.9. The van der Waals surface area contributed by atoms with Crippen LogP contribution in [0, 0.1) is 5.92 Å². The second-order valence-electron chi connectivity index (χ2n) is 8.71. The average Bonchev–Trinajstić information content (AvgIpc) is 3.31. The van der Waals surface area contributed by atoms with Gasteiger partial charge in [0.2, 0.25) is 5.91 Å². The van der Waals surface area contributed by atoms with E-state index in [2.05, 4.69) is 5.32 Å². The number of carboxylic acids is 1. The number of rotatable bonds is 7. The van der Waals surface area contributed by atoms with Crippen molar-refractivity contribution in [2.24, 2.45) is 5.92 Å². The lowest BCUT2D eigenvalue weighted by Gasteiger charge is -2.21. The number of alkyl halides is 2. The molecular formula is C25H26F2N2O5. The Labute approximate surface area is 195 Å². The molecule has 1 fully saturated rings. The molecule has 1 saturated heterocycles. The number of ether oxygens (including phenoxy) is 1. The Morgan fingerprint density at radius 1 is 1.12 bits per heavy atom. The van der Waals surface area contributed by atoms with Gasteiger partial charge < -0.3 is 20.1 Å². The summed E-state index contributed by atoms with van der Waals surface area (Å²) in [4.78, 5) is 36.9. The molecule has 34 heavy (non-hydrogen) atoms. The molecule has 1 aliphatic carbocycles. The van der Waals surface area contributed by atoms with Crippen LogP contribution >= 0.6 is 0 Å². The van der Waals surface area contributed by atoms with Gasteiger partial charge in [-0.15, -0.1) is 0 Å². The standard InChI is InChI=1S/C25H26F2N2O5/c1-2-15(11-22(30)29-12-21(23(31)32)25(26,27)14-29)28-24(33)34-13-20-18-9-5-3-7-16(18)17-8-4-6-10-19(17)20/h3-10,15,20-21H,2,11-14H2,1H3,(H,28,33)(H,31,32)/t15-,21?/m1/s1. The summed E-state index contributed by atoms with van der Waals surface area (Å²) in [7, 11) is 0. The van der Waals surface area contributed by atoms with Crippen LogP contribution in [0.15, 0.2) is 48.5 Å². The van der Waals surface area contributed by atoms with E-state index in [1.54, 1.807) is 6.92 Å². The van der Waals surface area contributed by atoms with Crippen LogP contribution in [0.4, 0.5) is 13.6 Å². The molecule has 2 aliphatic rings. The van der Waals surface area contributed by atoms with Crippen molar-refractivity contribution in [1.29, 1.82) is 0 Å². The predicted octanol–water partition coefficient (Wildman–Crippen LogP) is 3.87. The lowest BCUT2D eigenvalue weighted by molar-refractivity contribution is -0.151. The molecule has 2 aromatic carbocycles. The molecule has 0 bridgehead atoms. The maximum atomic E-state index is 13.9. The molecule has 2 N–H and O–H groups in total. The molecule has 2 amide bonds. The number of hydrogen-bond acceptors (Lipinski definition) is 4. The number of aliphatic carboxylic acids is 1. The third-order valence-electron chi connectivity index (χ3n) is 6.54. The third kappa shape index (κ3) is 4.60. The topological polar surface area (TPSA) is 95.9 Å². The monoisotopic (exact) mass is 472 g/mol. The van der Waals surface area contributed by atoms with Crippen molar-refractivity contribution in [2.45, 2.75) is 37.6 Å². The first-order chi connectivity index (χ1) is 16.2. The van der Waals surface area contributed by atoms with E-state index in [1.165, 1.54) is 0 Å². The minimum Gasteiger partial charge on any atom is -0.481 e. The Balaban J connectivity index is 1.34. The Hall–Kier alpha value is -3.49. The molecule has 0 aromatic heterocycles. The molecule has 2 atom stereocenters. The van der Waals surface area contributed by atoms with Gasteiger partial charge in [0.25, 0.3) is 5.92 Å². The highest BCUT2D eigenvalue weighted by Gasteiger charge is 2.53. The van der Waals surface area contributed by atoms with Gasteiger partial charge >= 0.3 is 12.1 Å². The normalized spacial score (nSPS) is 19.3. The van der Waals surface area contributed by atoms with Gasteiger partial charge in [0, 0.05) is 24.9 Å². The fraction of sp³-hybridized carbons (Fsp3) is 0.400. The van der Waals surface area contributed by atoms with E-state index in [9.17, 15) is 23.2 Å². The van der Waals surface area contributed by atoms with E-state index in [-0.39, 0.29) is 18.9 Å². The van der Waals surface area contributed by atoms with Crippen molar-refractivity contribution in [3.8, 4) is 11.1 Å². The number of benzene rings is 2. The number of hydrogen-bond donors (Lipinski definition) is 2. The fourth-order valence-electron chi connectivity index (χ4n) is 4.68. The molecule has 1 unspecified atom stereocenters. The maximum Gasteiger partial charge on any atom is 0.407 e. The van der Waals surface area contributed by atoms with Crippen LogP contribution in [0.3, 0.4) is 0 Å². The number of carbonyl (C=O) groups excluding carboxylic acids is 2. The Morgan fingerprint density at radius 3 is 2.24 bits per heavy atom. The van der Waals surface area contributed by atoms with Gasteiger partial charge in [0.15, 0.2) is 0 Å². The molecule has 0 saturated carbocycles. The smallest absolute Gasteiger partial charge is 0.407 e. The van der Waals surface area contributed by atoms with Crippen molar-refractivity contribution >= 4 is 18.0 Å². The van der Waals surface area contributed by atoms with Gasteiger partial charge in [-0.05, 0) is 28.7 Å². The molecule has 9 heteroatoms. The van der Waals surface area contributed by atoms with Crippen LogP contribution in [0.25, 0.3) is 11.1 Å². The van der Waals surface area contributed by atoms with Gasteiger partial charge in [0.1, 0.15) is 12.5 Å². The minimum atomic E-state index is -3.48. The zero-order valence-electron chi connectivity index (χ0n) is 18.7. The van der Waals surface area contributed by atoms with Gasteiger partial charge in [-0.25, -0.2) is 13.6 Å². The number of amides is 2. The van der Waals surface area contributed by atoms with Crippen LogP contribution < -0.4 is 5.32 Å². The first kappa shape index (κ1) is 23.7. The number of likely N-dealkylation sites (tertiary alicyclic amines) is 1. The van der Waals surface area contributed by atoms with Crippen LogP contribution in [-0.2, 0) is 14.3 Å². The predicted molar refractivity (Wildman–Crippen MR) is 120 cm³/mol. The quantitative estimate of drug-likeness (QED) is 0.638.